The second-order valence-electron chi connectivity index (χ2n) is 17.8. The molecule has 2 unspecified atom stereocenters. The van der Waals surface area contributed by atoms with E-state index in [9.17, 15) is 19.5 Å². The van der Waals surface area contributed by atoms with Crippen molar-refractivity contribution in [1.29, 1.82) is 0 Å². The number of hydrogen-bond donors (Lipinski definition) is 2. The minimum Gasteiger partial charge on any atom is -0.508 e. The van der Waals surface area contributed by atoms with E-state index in [1.807, 2.05) is 18.2 Å². The Balaban J connectivity index is 0.699. The number of phenols is 1. The molecule has 2 N–H and O–H groups in total. The summed E-state index contributed by atoms with van der Waals surface area (Å²) in [5, 5.41) is 12.6. The maximum absolute atomic E-state index is 13.4. The standard InChI is InChI=1S/C48H51N5O7/c54-36-11-13-39-32(22-36)8-12-38(30-4-2-1-3-5-30)45(39)31-6-9-34(10-7-31)51-18-16-48(17-19-51)59-29-37(60-48)27-50-20-21-52-35(26-50)28-58-43-24-40-33(23-42(43)52)25-53(47(40)57)41-14-15-44(55)49-46(41)56/h1-7,9-11,13,22-24,35,37-38,41,45,54H,8,12,14-21,25-29H2,(H,49,55,56)/t35-,37?,38+,41?,45-/m0/s1. The molecule has 5 atom stereocenters. The molecule has 6 aliphatic heterocycles. The average molecular weight is 810 g/mol. The van der Waals surface area contributed by atoms with Crippen LogP contribution < -0.4 is 19.9 Å². The molecule has 12 nitrogen and oxygen atoms in total. The Morgan fingerprint density at radius 3 is 2.45 bits per heavy atom. The zero-order chi connectivity index (χ0) is 40.5. The van der Waals surface area contributed by atoms with Gasteiger partial charge in [-0.2, -0.15) is 0 Å². The largest absolute Gasteiger partial charge is 0.508 e. The predicted molar refractivity (Wildman–Crippen MR) is 224 cm³/mol. The number of benzene rings is 4. The molecule has 0 aromatic heterocycles. The summed E-state index contributed by atoms with van der Waals surface area (Å²) in [6.07, 6.45) is 4.22. The van der Waals surface area contributed by atoms with Crippen LogP contribution in [-0.2, 0) is 32.0 Å². The van der Waals surface area contributed by atoms with Gasteiger partial charge in [-0.05, 0) is 89.4 Å². The van der Waals surface area contributed by atoms with E-state index in [0.717, 1.165) is 76.2 Å². The van der Waals surface area contributed by atoms with E-state index in [4.69, 9.17) is 14.2 Å². The monoisotopic (exact) mass is 809 g/mol. The van der Waals surface area contributed by atoms with E-state index >= 15 is 0 Å². The van der Waals surface area contributed by atoms with Crippen molar-refractivity contribution in [3.8, 4) is 11.5 Å². The molecule has 4 aromatic rings. The quantitative estimate of drug-likeness (QED) is 0.248. The van der Waals surface area contributed by atoms with E-state index in [0.29, 0.717) is 49.2 Å². The highest BCUT2D eigenvalue weighted by molar-refractivity contribution is 6.06. The second kappa shape index (κ2) is 14.9. The molecule has 0 bridgehead atoms. The Kier molecular flexibility index (Phi) is 9.35. The third-order valence-corrected chi connectivity index (χ3v) is 14.2. The Morgan fingerprint density at radius 2 is 1.63 bits per heavy atom. The van der Waals surface area contributed by atoms with Crippen molar-refractivity contribution >= 4 is 29.1 Å². The molecule has 6 heterocycles. The van der Waals surface area contributed by atoms with Crippen LogP contribution in [0.3, 0.4) is 0 Å². The number of hydrogen-bond acceptors (Lipinski definition) is 10. The topological polar surface area (TPSA) is 124 Å². The van der Waals surface area contributed by atoms with E-state index in [1.54, 1.807) is 4.90 Å². The molecular weight excluding hydrogens is 759 g/mol. The van der Waals surface area contributed by atoms with Gasteiger partial charge in [-0.15, -0.1) is 0 Å². The van der Waals surface area contributed by atoms with Gasteiger partial charge in [0.15, 0.2) is 5.79 Å². The summed E-state index contributed by atoms with van der Waals surface area (Å²) in [5.74, 6) is 0.230. The molecule has 4 fully saturated rings. The number of imide groups is 1. The first-order valence-corrected chi connectivity index (χ1v) is 21.7. The zero-order valence-electron chi connectivity index (χ0n) is 33.8. The Labute approximate surface area is 350 Å². The maximum atomic E-state index is 13.4. The SMILES string of the molecule is O=C1CCC(N2Cc3cc4c(cc3C2=O)OC[C@@H]2CN(CC3COC5(CCN(c6ccc([C@@H]7c8ccc(O)cc8CC[C@@H]7c7ccccc7)cc6)CC5)O3)CCN42)C(=O)N1. The highest BCUT2D eigenvalue weighted by atomic mass is 16.7. The number of aryl methyl sites for hydroxylation is 1. The number of carbonyl (C=O) groups excluding carboxylic acids is 3. The van der Waals surface area contributed by atoms with Crippen LogP contribution in [0.25, 0.3) is 0 Å². The Hall–Kier alpha value is -5.43. The van der Waals surface area contributed by atoms with Gasteiger partial charge in [-0.1, -0.05) is 48.5 Å². The molecule has 7 aliphatic rings. The number of ether oxygens (including phenoxy) is 3. The van der Waals surface area contributed by atoms with Gasteiger partial charge in [0.25, 0.3) is 5.91 Å². The van der Waals surface area contributed by atoms with E-state index in [2.05, 4.69) is 86.7 Å². The van der Waals surface area contributed by atoms with Gasteiger partial charge < -0.3 is 34.0 Å². The molecule has 1 aliphatic carbocycles. The number of amides is 3. The van der Waals surface area contributed by atoms with Crippen LogP contribution in [0.4, 0.5) is 11.4 Å². The van der Waals surface area contributed by atoms with Crippen LogP contribution in [0, 0.1) is 0 Å². The van der Waals surface area contributed by atoms with Gasteiger partial charge in [0.1, 0.15) is 24.1 Å². The maximum Gasteiger partial charge on any atom is 0.255 e. The molecule has 12 heteroatoms. The van der Waals surface area contributed by atoms with Gasteiger partial charge in [0.05, 0.1) is 24.4 Å². The first-order valence-electron chi connectivity index (χ1n) is 21.7. The number of piperidine rings is 2. The molecule has 4 saturated heterocycles. The van der Waals surface area contributed by atoms with Gasteiger partial charge in [0, 0.05) is 82.2 Å². The van der Waals surface area contributed by atoms with Crippen molar-refractivity contribution in [3.63, 3.8) is 0 Å². The lowest BCUT2D eigenvalue weighted by atomic mass is 9.69. The normalized spacial score (nSPS) is 27.2. The third kappa shape index (κ3) is 6.69. The summed E-state index contributed by atoms with van der Waals surface area (Å²) >= 11 is 0. The molecule has 60 heavy (non-hydrogen) atoms. The minimum atomic E-state index is -0.638. The summed E-state index contributed by atoms with van der Waals surface area (Å²) in [5.41, 5.74) is 8.92. The van der Waals surface area contributed by atoms with Crippen molar-refractivity contribution in [2.24, 2.45) is 0 Å². The fourth-order valence-electron chi connectivity index (χ4n) is 11.2. The molecule has 11 rings (SSSR count). The molecule has 3 amide bonds. The molecule has 0 saturated carbocycles. The van der Waals surface area contributed by atoms with Crippen LogP contribution in [0.15, 0.2) is 84.9 Å². The number of piperazine rings is 1. The number of rotatable bonds is 6. The van der Waals surface area contributed by atoms with Gasteiger partial charge in [0.2, 0.25) is 11.8 Å². The van der Waals surface area contributed by atoms with Crippen LogP contribution in [0.2, 0.25) is 0 Å². The van der Waals surface area contributed by atoms with Gasteiger partial charge >= 0.3 is 0 Å². The van der Waals surface area contributed by atoms with Crippen molar-refractivity contribution in [3.05, 3.63) is 118 Å². The number of aromatic hydroxyl groups is 1. The molecular formula is C48H51N5O7. The first-order chi connectivity index (χ1) is 29.3. The van der Waals surface area contributed by atoms with Crippen LogP contribution in [0.5, 0.6) is 11.5 Å². The van der Waals surface area contributed by atoms with E-state index in [-0.39, 0.29) is 36.3 Å². The minimum absolute atomic E-state index is 0.00423. The lowest BCUT2D eigenvalue weighted by Gasteiger charge is -2.46. The van der Waals surface area contributed by atoms with Gasteiger partial charge in [-0.25, -0.2) is 0 Å². The van der Waals surface area contributed by atoms with E-state index < -0.39 is 17.7 Å². The van der Waals surface area contributed by atoms with Crippen molar-refractivity contribution < 1.29 is 33.7 Å². The zero-order valence-corrected chi connectivity index (χ0v) is 33.8. The number of fused-ring (bicyclic) bond motifs is 5. The molecule has 0 radical (unpaired) electrons. The average Bonchev–Trinajstić information content (AvgIpc) is 3.81. The highest BCUT2D eigenvalue weighted by Crippen LogP contribution is 2.48. The first kappa shape index (κ1) is 37.6. The number of anilines is 2. The summed E-state index contributed by atoms with van der Waals surface area (Å²) in [7, 11) is 0. The molecule has 310 valence electrons. The smallest absolute Gasteiger partial charge is 0.255 e. The summed E-state index contributed by atoms with van der Waals surface area (Å²) in [6.45, 7) is 6.56. The summed E-state index contributed by atoms with van der Waals surface area (Å²) in [4.78, 5) is 46.6. The number of carbonyl (C=O) groups is 3. The Bertz CT molecular complexity index is 2330. The Morgan fingerprint density at radius 1 is 0.800 bits per heavy atom. The third-order valence-electron chi connectivity index (χ3n) is 14.2. The lowest BCUT2D eigenvalue weighted by Crippen LogP contribution is -2.58. The van der Waals surface area contributed by atoms with Crippen molar-refractivity contribution in [2.75, 3.05) is 62.3 Å². The predicted octanol–water partition coefficient (Wildman–Crippen LogP) is 5.31. The van der Waals surface area contributed by atoms with Gasteiger partial charge in [-0.3, -0.25) is 24.6 Å². The van der Waals surface area contributed by atoms with Crippen LogP contribution >= 0.6 is 0 Å². The van der Waals surface area contributed by atoms with Crippen molar-refractivity contribution in [2.45, 2.75) is 80.9 Å². The number of phenolic OH excluding ortho intramolecular Hbond substituents is 1. The van der Waals surface area contributed by atoms with Crippen LogP contribution in [-0.4, -0.2) is 109 Å². The van der Waals surface area contributed by atoms with E-state index in [1.165, 1.54) is 27.9 Å². The van der Waals surface area contributed by atoms with Crippen molar-refractivity contribution in [1.82, 2.24) is 15.1 Å². The fraction of sp³-hybridized carbons (Fsp3) is 0.438. The lowest BCUT2D eigenvalue weighted by molar-refractivity contribution is -0.181. The summed E-state index contributed by atoms with van der Waals surface area (Å²) in [6, 6.07) is 29.4. The summed E-state index contributed by atoms with van der Waals surface area (Å²) < 4.78 is 19.5. The van der Waals surface area contributed by atoms with Crippen LogP contribution in [0.1, 0.15) is 82.1 Å². The highest BCUT2D eigenvalue weighted by Gasteiger charge is 2.46. The molecule has 1 spiro atoms. The second-order valence-corrected chi connectivity index (χ2v) is 17.8. The number of nitrogens with one attached hydrogen (secondary N) is 1. The number of nitrogens with zero attached hydrogens (tertiary/aromatic N) is 4. The fourth-order valence-corrected chi connectivity index (χ4v) is 11.2. The molecule has 4 aromatic carbocycles.